The highest BCUT2D eigenvalue weighted by Gasteiger charge is 2.47. The second-order valence-electron chi connectivity index (χ2n) is 4.14. The Kier molecular flexibility index (Phi) is 3.43. The van der Waals surface area contributed by atoms with E-state index in [4.69, 9.17) is 9.47 Å². The number of alkyl halides is 1. The van der Waals surface area contributed by atoms with Gasteiger partial charge in [-0.05, 0) is 36.6 Å². The van der Waals surface area contributed by atoms with Crippen LogP contribution >= 0.6 is 15.9 Å². The van der Waals surface area contributed by atoms with Crippen molar-refractivity contribution < 1.29 is 19.1 Å². The van der Waals surface area contributed by atoms with E-state index in [9.17, 15) is 9.59 Å². The van der Waals surface area contributed by atoms with Gasteiger partial charge in [-0.1, -0.05) is 15.9 Å². The number of hydrogen-bond acceptors (Lipinski definition) is 4. The highest BCUT2D eigenvalue weighted by molar-refractivity contribution is 9.10. The lowest BCUT2D eigenvalue weighted by molar-refractivity contribution is -0.142. The number of rotatable bonds is 2. The molecule has 1 aliphatic carbocycles. The Balaban J connectivity index is 2.43. The summed E-state index contributed by atoms with van der Waals surface area (Å²) in [5.74, 6) is -0.0890. The molecule has 0 N–H and O–H groups in total. The zero-order valence-electron chi connectivity index (χ0n) is 10.2. The van der Waals surface area contributed by atoms with E-state index < -0.39 is 10.3 Å². The van der Waals surface area contributed by atoms with Crippen molar-refractivity contribution in [1.82, 2.24) is 0 Å². The quantitative estimate of drug-likeness (QED) is 0.477. The third kappa shape index (κ3) is 1.92. The zero-order valence-corrected chi connectivity index (χ0v) is 11.7. The van der Waals surface area contributed by atoms with Crippen molar-refractivity contribution in [3.05, 3.63) is 29.3 Å². The van der Waals surface area contributed by atoms with Gasteiger partial charge in [0.2, 0.25) is 0 Å². The number of halogens is 1. The topological polar surface area (TPSA) is 52.6 Å². The minimum absolute atomic E-state index is 0.252. The first-order chi connectivity index (χ1) is 8.52. The Labute approximate surface area is 113 Å². The van der Waals surface area contributed by atoms with Gasteiger partial charge < -0.3 is 9.47 Å². The molecule has 96 valence electrons. The summed E-state index contributed by atoms with van der Waals surface area (Å²) in [6, 6.07) is 5.23. The summed E-state index contributed by atoms with van der Waals surface area (Å²) in [5, 5.41) is 0. The lowest BCUT2D eigenvalue weighted by atomic mass is 9.82. The predicted octanol–water partition coefficient (Wildman–Crippen LogP) is 2.13. The molecule has 0 aromatic heterocycles. The van der Waals surface area contributed by atoms with Crippen molar-refractivity contribution in [3.63, 3.8) is 0 Å². The summed E-state index contributed by atoms with van der Waals surface area (Å²) in [7, 11) is 2.86. The molecule has 0 spiro atoms. The lowest BCUT2D eigenvalue weighted by Gasteiger charge is -2.29. The van der Waals surface area contributed by atoms with E-state index >= 15 is 0 Å². The third-order valence-electron chi connectivity index (χ3n) is 3.16. The largest absolute Gasteiger partial charge is 0.497 e. The van der Waals surface area contributed by atoms with Crippen molar-refractivity contribution in [1.29, 1.82) is 0 Å². The average molecular weight is 313 g/mol. The van der Waals surface area contributed by atoms with Gasteiger partial charge in [0.05, 0.1) is 14.2 Å². The van der Waals surface area contributed by atoms with E-state index in [-0.39, 0.29) is 5.78 Å². The van der Waals surface area contributed by atoms with Crippen LogP contribution in [0, 0.1) is 0 Å². The molecule has 4 nitrogen and oxygen atoms in total. The number of hydrogen-bond donors (Lipinski definition) is 0. The van der Waals surface area contributed by atoms with Crippen LogP contribution in [0.3, 0.4) is 0 Å². The fraction of sp³-hybridized carbons (Fsp3) is 0.385. The maximum absolute atomic E-state index is 12.3. The number of benzene rings is 1. The summed E-state index contributed by atoms with van der Waals surface area (Å²) >= 11 is 3.24. The molecule has 0 bridgehead atoms. The average Bonchev–Trinajstić information content (AvgIpc) is 2.41. The smallest absolute Gasteiger partial charge is 0.330 e. The van der Waals surface area contributed by atoms with Crippen molar-refractivity contribution in [2.45, 2.75) is 17.2 Å². The monoisotopic (exact) mass is 312 g/mol. The Morgan fingerprint density at radius 3 is 2.72 bits per heavy atom. The molecule has 1 atom stereocenters. The van der Waals surface area contributed by atoms with Gasteiger partial charge in [0.1, 0.15) is 5.75 Å². The molecule has 0 radical (unpaired) electrons. The van der Waals surface area contributed by atoms with Crippen LogP contribution in [0.1, 0.15) is 22.3 Å². The van der Waals surface area contributed by atoms with E-state index in [2.05, 4.69) is 15.9 Å². The highest BCUT2D eigenvalue weighted by atomic mass is 79.9. The summed E-state index contributed by atoms with van der Waals surface area (Å²) in [6.07, 6.45) is 1.01. The summed E-state index contributed by atoms with van der Waals surface area (Å²) in [5.41, 5.74) is 1.45. The summed E-state index contributed by atoms with van der Waals surface area (Å²) in [4.78, 5) is 24.1. The number of carbonyl (C=O) groups is 2. The van der Waals surface area contributed by atoms with Crippen LogP contribution in [-0.4, -0.2) is 30.3 Å². The molecule has 5 heteroatoms. The zero-order chi connectivity index (χ0) is 13.3. The molecule has 0 aliphatic heterocycles. The van der Waals surface area contributed by atoms with Crippen molar-refractivity contribution in [2.24, 2.45) is 0 Å². The molecular formula is C13H13BrO4. The van der Waals surface area contributed by atoms with Crippen molar-refractivity contribution in [3.8, 4) is 5.75 Å². The van der Waals surface area contributed by atoms with Gasteiger partial charge in [-0.25, -0.2) is 0 Å². The first kappa shape index (κ1) is 13.1. The number of ketones is 1. The maximum atomic E-state index is 12.3. The minimum atomic E-state index is -1.25. The summed E-state index contributed by atoms with van der Waals surface area (Å²) < 4.78 is 8.57. The Morgan fingerprint density at radius 2 is 2.11 bits per heavy atom. The Morgan fingerprint density at radius 1 is 1.39 bits per heavy atom. The van der Waals surface area contributed by atoms with E-state index in [1.165, 1.54) is 7.11 Å². The van der Waals surface area contributed by atoms with Gasteiger partial charge in [0.25, 0.3) is 0 Å². The van der Waals surface area contributed by atoms with Crippen molar-refractivity contribution in [2.75, 3.05) is 14.2 Å². The number of ether oxygens (including phenoxy) is 2. The first-order valence-corrected chi connectivity index (χ1v) is 6.31. The number of carbonyl (C=O) groups excluding carboxylic acids is 2. The SMILES string of the molecule is COC(=O)C1(Br)CCc2cc(OC)ccc2C1=O. The fourth-order valence-electron chi connectivity index (χ4n) is 2.12. The van der Waals surface area contributed by atoms with Crippen LogP contribution < -0.4 is 4.74 Å². The van der Waals surface area contributed by atoms with E-state index in [0.717, 1.165) is 5.56 Å². The molecule has 0 saturated carbocycles. The van der Waals surface area contributed by atoms with Gasteiger partial charge in [-0.15, -0.1) is 0 Å². The molecule has 0 fully saturated rings. The fourth-order valence-corrected chi connectivity index (χ4v) is 2.69. The van der Waals surface area contributed by atoms with Gasteiger partial charge in [0.15, 0.2) is 10.1 Å². The molecule has 1 aromatic carbocycles. The molecule has 1 unspecified atom stereocenters. The standard InChI is InChI=1S/C13H13BrO4/c1-17-9-3-4-10-8(7-9)5-6-13(14,11(10)15)12(16)18-2/h3-4,7H,5-6H2,1-2H3. The van der Waals surface area contributed by atoms with Gasteiger partial charge in [-0.2, -0.15) is 0 Å². The van der Waals surface area contributed by atoms with Crippen LogP contribution in [0.25, 0.3) is 0 Å². The van der Waals surface area contributed by atoms with Gasteiger partial charge in [-0.3, -0.25) is 9.59 Å². The third-order valence-corrected chi connectivity index (χ3v) is 4.25. The van der Waals surface area contributed by atoms with Crippen LogP contribution in [0.15, 0.2) is 18.2 Å². The number of esters is 1. The molecular weight excluding hydrogens is 300 g/mol. The molecule has 0 heterocycles. The number of methoxy groups -OCH3 is 2. The Bertz CT molecular complexity index is 512. The van der Waals surface area contributed by atoms with Crippen LogP contribution in [0.4, 0.5) is 0 Å². The van der Waals surface area contributed by atoms with Gasteiger partial charge in [0, 0.05) is 5.56 Å². The Hall–Kier alpha value is -1.36. The predicted molar refractivity (Wildman–Crippen MR) is 69.3 cm³/mol. The second kappa shape index (κ2) is 4.72. The van der Waals surface area contributed by atoms with E-state index in [0.29, 0.717) is 24.2 Å². The van der Waals surface area contributed by atoms with E-state index in [1.54, 1.807) is 19.2 Å². The highest BCUT2D eigenvalue weighted by Crippen LogP contribution is 2.37. The molecule has 18 heavy (non-hydrogen) atoms. The van der Waals surface area contributed by atoms with E-state index in [1.807, 2.05) is 6.07 Å². The van der Waals surface area contributed by atoms with Crippen LogP contribution in [-0.2, 0) is 16.0 Å². The van der Waals surface area contributed by atoms with Gasteiger partial charge >= 0.3 is 5.97 Å². The minimum Gasteiger partial charge on any atom is -0.497 e. The molecule has 0 saturated heterocycles. The maximum Gasteiger partial charge on any atom is 0.330 e. The lowest BCUT2D eigenvalue weighted by Crippen LogP contribution is -2.45. The van der Waals surface area contributed by atoms with Crippen LogP contribution in [0.2, 0.25) is 0 Å². The normalized spacial score (nSPS) is 22.3. The van der Waals surface area contributed by atoms with Crippen LogP contribution in [0.5, 0.6) is 5.75 Å². The second-order valence-corrected chi connectivity index (χ2v) is 5.50. The number of aryl methyl sites for hydroxylation is 1. The number of Topliss-reactive ketones (excluding diaryl/α,β-unsaturated/α-hetero) is 1. The first-order valence-electron chi connectivity index (χ1n) is 5.52. The molecule has 1 aliphatic rings. The molecule has 2 rings (SSSR count). The molecule has 0 amide bonds. The number of fused-ring (bicyclic) bond motifs is 1. The van der Waals surface area contributed by atoms with Crippen molar-refractivity contribution >= 4 is 27.7 Å². The molecule has 1 aromatic rings. The summed E-state index contributed by atoms with van der Waals surface area (Å²) in [6.45, 7) is 0.